The molecule has 0 bridgehead atoms. The Morgan fingerprint density at radius 3 is 2.96 bits per heavy atom. The molecule has 3 heterocycles. The third-order valence-corrected chi connectivity index (χ3v) is 4.35. The number of hydrogen-bond donors (Lipinski definition) is 1. The molecule has 3 aromatic heterocycles. The summed E-state index contributed by atoms with van der Waals surface area (Å²) < 4.78 is 3.13. The van der Waals surface area contributed by atoms with Crippen molar-refractivity contribution >= 4 is 40.4 Å². The highest BCUT2D eigenvalue weighted by Crippen LogP contribution is 2.34. The number of halogens is 2. The molecule has 0 radical (unpaired) electrons. The third kappa shape index (κ3) is 2.91. The lowest BCUT2D eigenvalue weighted by Crippen LogP contribution is -2.12. The number of amides is 1. The average Bonchev–Trinajstić information content (AvgIpc) is 3.20. The standard InChI is InChI=1S/C17H12Cl2N6O/c1-24-9-14(15(23-24)11-7-10(18)3-4-13(11)19)22-17(26)12-8-21-25-6-2-5-20-16(12)25/h2-9H,1H3,(H,22,26). The summed E-state index contributed by atoms with van der Waals surface area (Å²) in [6.07, 6.45) is 6.50. The zero-order chi connectivity index (χ0) is 18.3. The zero-order valence-corrected chi connectivity index (χ0v) is 15.0. The molecule has 0 fully saturated rings. The summed E-state index contributed by atoms with van der Waals surface area (Å²) in [5, 5.41) is 12.4. The SMILES string of the molecule is Cn1cc(NC(=O)c2cnn3cccnc23)c(-c2cc(Cl)ccc2Cl)n1. The number of nitrogens with one attached hydrogen (secondary N) is 1. The molecule has 0 aliphatic heterocycles. The van der Waals surface area contributed by atoms with Crippen LogP contribution in [0.3, 0.4) is 0 Å². The second kappa shape index (κ2) is 6.44. The molecule has 7 nitrogen and oxygen atoms in total. The van der Waals surface area contributed by atoms with Gasteiger partial charge in [0.15, 0.2) is 5.65 Å². The topological polar surface area (TPSA) is 77.1 Å². The van der Waals surface area contributed by atoms with Gasteiger partial charge >= 0.3 is 0 Å². The summed E-state index contributed by atoms with van der Waals surface area (Å²) in [4.78, 5) is 16.9. The number of rotatable bonds is 3. The van der Waals surface area contributed by atoms with Gasteiger partial charge in [-0.2, -0.15) is 10.2 Å². The first-order valence-corrected chi connectivity index (χ1v) is 8.37. The van der Waals surface area contributed by atoms with Crippen molar-refractivity contribution in [1.82, 2.24) is 24.4 Å². The van der Waals surface area contributed by atoms with Gasteiger partial charge in [0, 0.05) is 36.2 Å². The van der Waals surface area contributed by atoms with E-state index >= 15 is 0 Å². The fourth-order valence-corrected chi connectivity index (χ4v) is 3.01. The summed E-state index contributed by atoms with van der Waals surface area (Å²) in [6.45, 7) is 0. The molecule has 130 valence electrons. The molecule has 9 heteroatoms. The van der Waals surface area contributed by atoms with Crippen molar-refractivity contribution in [3.8, 4) is 11.3 Å². The molecule has 0 saturated heterocycles. The molecule has 0 spiro atoms. The van der Waals surface area contributed by atoms with E-state index in [4.69, 9.17) is 23.2 Å². The van der Waals surface area contributed by atoms with Gasteiger partial charge in [-0.3, -0.25) is 9.48 Å². The Morgan fingerprint density at radius 1 is 1.27 bits per heavy atom. The molecule has 0 aliphatic rings. The summed E-state index contributed by atoms with van der Waals surface area (Å²) in [7, 11) is 1.76. The van der Waals surface area contributed by atoms with Crippen molar-refractivity contribution in [2.75, 3.05) is 5.32 Å². The van der Waals surface area contributed by atoms with E-state index in [0.29, 0.717) is 38.2 Å². The highest BCUT2D eigenvalue weighted by atomic mass is 35.5. The van der Waals surface area contributed by atoms with Gasteiger partial charge in [0.25, 0.3) is 5.91 Å². The van der Waals surface area contributed by atoms with E-state index in [1.807, 2.05) is 0 Å². The summed E-state index contributed by atoms with van der Waals surface area (Å²) in [5.41, 5.74) is 2.50. The van der Waals surface area contributed by atoms with Crippen molar-refractivity contribution in [1.29, 1.82) is 0 Å². The molecular weight excluding hydrogens is 375 g/mol. The van der Waals surface area contributed by atoms with Crippen LogP contribution in [0.1, 0.15) is 10.4 Å². The van der Waals surface area contributed by atoms with Crippen LogP contribution in [0.15, 0.2) is 49.1 Å². The van der Waals surface area contributed by atoms with E-state index in [1.54, 1.807) is 54.6 Å². The van der Waals surface area contributed by atoms with Crippen molar-refractivity contribution in [2.45, 2.75) is 0 Å². The molecule has 1 aromatic carbocycles. The minimum Gasteiger partial charge on any atom is -0.319 e. The Balaban J connectivity index is 1.73. The van der Waals surface area contributed by atoms with E-state index < -0.39 is 0 Å². The first kappa shape index (κ1) is 16.6. The number of carbonyl (C=O) groups is 1. The van der Waals surface area contributed by atoms with Crippen LogP contribution in [0.25, 0.3) is 16.9 Å². The predicted molar refractivity (Wildman–Crippen MR) is 99.6 cm³/mol. The van der Waals surface area contributed by atoms with Gasteiger partial charge in [-0.25, -0.2) is 9.50 Å². The van der Waals surface area contributed by atoms with Crippen molar-refractivity contribution in [3.05, 3.63) is 64.7 Å². The van der Waals surface area contributed by atoms with Crippen molar-refractivity contribution < 1.29 is 4.79 Å². The highest BCUT2D eigenvalue weighted by Gasteiger charge is 2.19. The number of carbonyl (C=O) groups excluding carboxylic acids is 1. The van der Waals surface area contributed by atoms with Gasteiger partial charge in [0.05, 0.1) is 16.9 Å². The normalized spacial score (nSPS) is 11.0. The zero-order valence-electron chi connectivity index (χ0n) is 13.5. The van der Waals surface area contributed by atoms with Crippen LogP contribution in [0, 0.1) is 0 Å². The van der Waals surface area contributed by atoms with Crippen LogP contribution in [0.5, 0.6) is 0 Å². The van der Waals surface area contributed by atoms with E-state index in [-0.39, 0.29) is 5.91 Å². The Morgan fingerprint density at radius 2 is 2.12 bits per heavy atom. The molecule has 0 aliphatic carbocycles. The second-order valence-corrected chi connectivity index (χ2v) is 6.43. The first-order valence-electron chi connectivity index (χ1n) is 7.61. The Bertz CT molecular complexity index is 1130. The number of benzene rings is 1. The molecule has 0 saturated carbocycles. The lowest BCUT2D eigenvalue weighted by Gasteiger charge is -2.06. The molecule has 4 aromatic rings. The molecule has 1 N–H and O–H groups in total. The smallest absolute Gasteiger partial charge is 0.261 e. The molecule has 0 unspecified atom stereocenters. The predicted octanol–water partition coefficient (Wildman–Crippen LogP) is 3.69. The first-order chi connectivity index (χ1) is 12.5. The fraction of sp³-hybridized carbons (Fsp3) is 0.0588. The highest BCUT2D eigenvalue weighted by molar-refractivity contribution is 6.35. The van der Waals surface area contributed by atoms with E-state index in [0.717, 1.165) is 0 Å². The molecule has 0 atom stereocenters. The largest absolute Gasteiger partial charge is 0.319 e. The fourth-order valence-electron chi connectivity index (χ4n) is 2.63. The number of fused-ring (bicyclic) bond motifs is 1. The molecule has 26 heavy (non-hydrogen) atoms. The van der Waals surface area contributed by atoms with Crippen LogP contribution in [0.4, 0.5) is 5.69 Å². The summed E-state index contributed by atoms with van der Waals surface area (Å²) >= 11 is 12.4. The molecular formula is C17H12Cl2N6O. The maximum Gasteiger partial charge on any atom is 0.261 e. The molecule has 4 rings (SSSR count). The van der Waals surface area contributed by atoms with Gasteiger partial charge in [-0.05, 0) is 24.3 Å². The summed E-state index contributed by atoms with van der Waals surface area (Å²) in [6, 6.07) is 6.83. The quantitative estimate of drug-likeness (QED) is 0.582. The van der Waals surface area contributed by atoms with Crippen LogP contribution < -0.4 is 5.32 Å². The van der Waals surface area contributed by atoms with E-state index in [2.05, 4.69) is 20.5 Å². The van der Waals surface area contributed by atoms with Gasteiger partial charge in [-0.1, -0.05) is 23.2 Å². The van der Waals surface area contributed by atoms with Crippen LogP contribution in [0.2, 0.25) is 10.0 Å². The van der Waals surface area contributed by atoms with Gasteiger partial charge in [0.2, 0.25) is 0 Å². The van der Waals surface area contributed by atoms with Crippen LogP contribution in [-0.4, -0.2) is 30.3 Å². The van der Waals surface area contributed by atoms with Crippen LogP contribution >= 0.6 is 23.2 Å². The minimum absolute atomic E-state index is 0.342. The van der Waals surface area contributed by atoms with Gasteiger partial charge < -0.3 is 5.32 Å². The lowest BCUT2D eigenvalue weighted by atomic mass is 10.1. The van der Waals surface area contributed by atoms with Crippen molar-refractivity contribution in [3.63, 3.8) is 0 Å². The number of hydrogen-bond acceptors (Lipinski definition) is 4. The Kier molecular flexibility index (Phi) is 4.10. The van der Waals surface area contributed by atoms with Gasteiger partial charge in [0.1, 0.15) is 11.3 Å². The number of aryl methyl sites for hydroxylation is 1. The minimum atomic E-state index is -0.342. The summed E-state index contributed by atoms with van der Waals surface area (Å²) in [5.74, 6) is -0.342. The maximum atomic E-state index is 12.7. The second-order valence-electron chi connectivity index (χ2n) is 5.59. The van der Waals surface area contributed by atoms with Gasteiger partial charge in [-0.15, -0.1) is 0 Å². The average molecular weight is 387 g/mol. The Labute approximate surface area is 158 Å². The number of aromatic nitrogens is 5. The number of nitrogens with zero attached hydrogens (tertiary/aromatic N) is 5. The third-order valence-electron chi connectivity index (χ3n) is 3.78. The Hall–Kier alpha value is -2.90. The number of anilines is 1. The van der Waals surface area contributed by atoms with Crippen molar-refractivity contribution in [2.24, 2.45) is 7.05 Å². The van der Waals surface area contributed by atoms with E-state index in [1.165, 1.54) is 10.7 Å². The lowest BCUT2D eigenvalue weighted by molar-refractivity contribution is 0.102. The monoisotopic (exact) mass is 386 g/mol. The van der Waals surface area contributed by atoms with E-state index in [9.17, 15) is 4.79 Å². The van der Waals surface area contributed by atoms with Crippen LogP contribution in [-0.2, 0) is 7.05 Å². The molecule has 1 amide bonds. The maximum absolute atomic E-state index is 12.7.